The van der Waals surface area contributed by atoms with E-state index in [0.29, 0.717) is 23.2 Å². The van der Waals surface area contributed by atoms with Gasteiger partial charge in [0.15, 0.2) is 0 Å². The van der Waals surface area contributed by atoms with E-state index in [4.69, 9.17) is 4.74 Å². The lowest BCUT2D eigenvalue weighted by molar-refractivity contribution is -0.385. The number of hydrogen-bond donors (Lipinski definition) is 1. The van der Waals surface area contributed by atoms with Crippen LogP contribution in [-0.4, -0.2) is 11.5 Å². The first-order chi connectivity index (χ1) is 10.1. The van der Waals surface area contributed by atoms with Crippen molar-refractivity contribution in [2.24, 2.45) is 0 Å². The molecule has 0 heterocycles. The van der Waals surface area contributed by atoms with E-state index in [0.717, 1.165) is 11.4 Å². The van der Waals surface area contributed by atoms with Gasteiger partial charge in [0.25, 0.3) is 5.69 Å². The predicted molar refractivity (Wildman–Crippen MR) is 85.7 cm³/mol. The highest BCUT2D eigenvalue weighted by Gasteiger charge is 2.14. The third-order valence-corrected chi connectivity index (χ3v) is 3.39. The Kier molecular flexibility index (Phi) is 5.16. The van der Waals surface area contributed by atoms with Crippen molar-refractivity contribution in [3.05, 3.63) is 62.6 Å². The molecular weight excluding hydrogens is 336 g/mol. The Morgan fingerprint density at radius 2 is 2.05 bits per heavy atom. The highest BCUT2D eigenvalue weighted by atomic mass is 79.9. The molecule has 1 N–H and O–H groups in total. The van der Waals surface area contributed by atoms with Crippen molar-refractivity contribution in [3.8, 4) is 5.75 Å². The molecule has 5 nitrogen and oxygen atoms in total. The molecule has 6 heteroatoms. The van der Waals surface area contributed by atoms with Crippen molar-refractivity contribution in [2.75, 3.05) is 11.9 Å². The quantitative estimate of drug-likeness (QED) is 0.620. The Hall–Kier alpha value is -2.08. The Balaban J connectivity index is 2.19. The van der Waals surface area contributed by atoms with Crippen LogP contribution in [0, 0.1) is 10.1 Å². The normalized spacial score (nSPS) is 10.2. The molecule has 0 aliphatic rings. The summed E-state index contributed by atoms with van der Waals surface area (Å²) < 4.78 is 6.21. The molecule has 0 aliphatic heterocycles. The topological polar surface area (TPSA) is 64.4 Å². The zero-order chi connectivity index (χ0) is 15.2. The summed E-state index contributed by atoms with van der Waals surface area (Å²) in [7, 11) is 0. The van der Waals surface area contributed by atoms with Crippen LogP contribution in [0.25, 0.3) is 0 Å². The smallest absolute Gasteiger partial charge is 0.275 e. The van der Waals surface area contributed by atoms with Gasteiger partial charge in [0, 0.05) is 22.6 Å². The third-order valence-electron chi connectivity index (χ3n) is 2.90. The summed E-state index contributed by atoms with van der Waals surface area (Å²) >= 11 is 3.25. The number of anilines is 1. The zero-order valence-electron chi connectivity index (χ0n) is 11.5. The molecule has 2 aromatic rings. The maximum Gasteiger partial charge on any atom is 0.275 e. The van der Waals surface area contributed by atoms with Gasteiger partial charge in [-0.2, -0.15) is 0 Å². The van der Waals surface area contributed by atoms with Crippen molar-refractivity contribution in [3.63, 3.8) is 0 Å². The number of nitro groups is 1. The number of nitro benzene ring substituents is 1. The molecular formula is C15H15BrN2O3. The highest BCUT2D eigenvalue weighted by Crippen LogP contribution is 2.27. The van der Waals surface area contributed by atoms with Crippen LogP contribution in [0.4, 0.5) is 11.4 Å². The number of rotatable bonds is 6. The fraction of sp³-hybridized carbons (Fsp3) is 0.200. The number of nitrogens with one attached hydrogen (secondary N) is 1. The Labute approximate surface area is 131 Å². The van der Waals surface area contributed by atoms with Crippen molar-refractivity contribution < 1.29 is 9.66 Å². The number of para-hydroxylation sites is 2. The summed E-state index contributed by atoms with van der Waals surface area (Å²) in [6.45, 7) is 2.83. The molecule has 0 bridgehead atoms. The van der Waals surface area contributed by atoms with E-state index in [2.05, 4.69) is 21.2 Å². The first kappa shape index (κ1) is 15.3. The Morgan fingerprint density at radius 3 is 2.76 bits per heavy atom. The lowest BCUT2D eigenvalue weighted by atomic mass is 10.1. The number of ether oxygens (including phenoxy) is 1. The van der Waals surface area contributed by atoms with Crippen molar-refractivity contribution in [2.45, 2.75) is 13.5 Å². The molecule has 2 aromatic carbocycles. The molecule has 0 radical (unpaired) electrons. The first-order valence-corrected chi connectivity index (χ1v) is 7.29. The van der Waals surface area contributed by atoms with Crippen LogP contribution in [0.3, 0.4) is 0 Å². The SMILES string of the molecule is CCOc1ccccc1NCc1ccc(Br)cc1[N+](=O)[O-]. The van der Waals surface area contributed by atoms with Gasteiger partial charge in [0.2, 0.25) is 0 Å². The second-order valence-electron chi connectivity index (χ2n) is 4.31. The molecule has 0 atom stereocenters. The standard InChI is InChI=1S/C15H15BrN2O3/c1-2-21-15-6-4-3-5-13(15)17-10-11-7-8-12(16)9-14(11)18(19)20/h3-9,17H,2,10H2,1H3. The van der Waals surface area contributed by atoms with Crippen molar-refractivity contribution >= 4 is 27.3 Å². The molecule has 0 spiro atoms. The van der Waals surface area contributed by atoms with Crippen molar-refractivity contribution in [1.82, 2.24) is 0 Å². The van der Waals surface area contributed by atoms with Crippen LogP contribution >= 0.6 is 15.9 Å². The molecule has 21 heavy (non-hydrogen) atoms. The molecule has 2 rings (SSSR count). The minimum absolute atomic E-state index is 0.0887. The van der Waals surface area contributed by atoms with Crippen LogP contribution in [0.1, 0.15) is 12.5 Å². The largest absolute Gasteiger partial charge is 0.492 e. The summed E-state index contributed by atoms with van der Waals surface area (Å²) in [6.07, 6.45) is 0. The van der Waals surface area contributed by atoms with Gasteiger partial charge in [-0.25, -0.2) is 0 Å². The number of hydrogen-bond acceptors (Lipinski definition) is 4. The molecule has 0 saturated heterocycles. The number of benzene rings is 2. The maximum absolute atomic E-state index is 11.1. The van der Waals surface area contributed by atoms with Gasteiger partial charge in [-0.3, -0.25) is 10.1 Å². The van der Waals surface area contributed by atoms with E-state index in [1.165, 1.54) is 6.07 Å². The number of halogens is 1. The van der Waals surface area contributed by atoms with Gasteiger partial charge in [0.05, 0.1) is 17.2 Å². The molecule has 0 saturated carbocycles. The Morgan fingerprint density at radius 1 is 1.29 bits per heavy atom. The van der Waals surface area contributed by atoms with Crippen LogP contribution < -0.4 is 10.1 Å². The van der Waals surface area contributed by atoms with Crippen LogP contribution in [0.5, 0.6) is 5.75 Å². The van der Waals surface area contributed by atoms with Gasteiger partial charge in [0.1, 0.15) is 5.75 Å². The lowest BCUT2D eigenvalue weighted by Gasteiger charge is -2.12. The molecule has 0 unspecified atom stereocenters. The van der Waals surface area contributed by atoms with E-state index >= 15 is 0 Å². The van der Waals surface area contributed by atoms with Crippen LogP contribution in [0.15, 0.2) is 46.9 Å². The summed E-state index contributed by atoms with van der Waals surface area (Å²) in [5.74, 6) is 0.736. The van der Waals surface area contributed by atoms with Crippen LogP contribution in [0.2, 0.25) is 0 Å². The minimum atomic E-state index is -0.379. The van der Waals surface area contributed by atoms with E-state index in [1.54, 1.807) is 12.1 Å². The second kappa shape index (κ2) is 7.08. The predicted octanol–water partition coefficient (Wildman–Crippen LogP) is 4.37. The second-order valence-corrected chi connectivity index (χ2v) is 5.23. The maximum atomic E-state index is 11.1. The average Bonchev–Trinajstić information content (AvgIpc) is 2.47. The fourth-order valence-electron chi connectivity index (χ4n) is 1.94. The monoisotopic (exact) mass is 350 g/mol. The number of nitrogens with zero attached hydrogens (tertiary/aromatic N) is 1. The van der Waals surface area contributed by atoms with E-state index in [9.17, 15) is 10.1 Å². The van der Waals surface area contributed by atoms with Gasteiger partial charge in [-0.1, -0.05) is 28.1 Å². The van der Waals surface area contributed by atoms with Gasteiger partial charge < -0.3 is 10.1 Å². The molecule has 0 aromatic heterocycles. The van der Waals surface area contributed by atoms with E-state index in [-0.39, 0.29) is 10.6 Å². The summed E-state index contributed by atoms with van der Waals surface area (Å²) in [4.78, 5) is 10.7. The Bertz CT molecular complexity index is 647. The summed E-state index contributed by atoms with van der Waals surface area (Å²) in [5, 5.41) is 14.3. The summed E-state index contributed by atoms with van der Waals surface area (Å²) in [5.41, 5.74) is 1.52. The van der Waals surface area contributed by atoms with Gasteiger partial charge in [-0.15, -0.1) is 0 Å². The van der Waals surface area contributed by atoms with Crippen molar-refractivity contribution in [1.29, 1.82) is 0 Å². The highest BCUT2D eigenvalue weighted by molar-refractivity contribution is 9.10. The lowest BCUT2D eigenvalue weighted by Crippen LogP contribution is -2.05. The molecule has 0 fully saturated rings. The first-order valence-electron chi connectivity index (χ1n) is 6.50. The fourth-order valence-corrected chi connectivity index (χ4v) is 2.29. The van der Waals surface area contributed by atoms with Gasteiger partial charge in [-0.05, 0) is 31.2 Å². The van der Waals surface area contributed by atoms with Crippen LogP contribution in [-0.2, 0) is 6.54 Å². The molecule has 0 aliphatic carbocycles. The molecule has 0 amide bonds. The van der Waals surface area contributed by atoms with Gasteiger partial charge >= 0.3 is 0 Å². The minimum Gasteiger partial charge on any atom is -0.492 e. The zero-order valence-corrected chi connectivity index (χ0v) is 13.1. The van der Waals surface area contributed by atoms with E-state index in [1.807, 2.05) is 31.2 Å². The molecule has 110 valence electrons. The summed E-state index contributed by atoms with van der Waals surface area (Å²) in [6, 6.07) is 12.6. The average molecular weight is 351 g/mol. The van der Waals surface area contributed by atoms with E-state index < -0.39 is 0 Å². The third kappa shape index (κ3) is 3.95.